The first-order valence-electron chi connectivity index (χ1n) is 8.09. The Kier molecular flexibility index (Phi) is 6.44. The van der Waals surface area contributed by atoms with Crippen molar-refractivity contribution < 1.29 is 27.5 Å². The molecule has 0 atom stereocenters. The van der Waals surface area contributed by atoms with Gasteiger partial charge in [-0.15, -0.1) is 0 Å². The molecular formula is C19H19F3N2O3. The summed E-state index contributed by atoms with van der Waals surface area (Å²) in [6.45, 7) is 3.81. The van der Waals surface area contributed by atoms with Crippen LogP contribution < -0.4 is 15.4 Å². The smallest absolute Gasteiger partial charge is 0.471 e. The number of hydrogen-bond donors (Lipinski definition) is 2. The number of hydrogen-bond acceptors (Lipinski definition) is 3. The van der Waals surface area contributed by atoms with Crippen LogP contribution in [0.4, 0.5) is 18.9 Å². The van der Waals surface area contributed by atoms with Crippen LogP contribution in [0.3, 0.4) is 0 Å². The fourth-order valence-electron chi connectivity index (χ4n) is 2.17. The summed E-state index contributed by atoms with van der Waals surface area (Å²) in [5.41, 5.74) is 2.69. The van der Waals surface area contributed by atoms with Gasteiger partial charge in [-0.25, -0.2) is 0 Å². The van der Waals surface area contributed by atoms with Crippen molar-refractivity contribution >= 4 is 17.5 Å². The fourth-order valence-corrected chi connectivity index (χ4v) is 2.17. The molecule has 0 saturated carbocycles. The van der Waals surface area contributed by atoms with E-state index in [4.69, 9.17) is 4.74 Å². The van der Waals surface area contributed by atoms with Gasteiger partial charge in [0.2, 0.25) is 0 Å². The summed E-state index contributed by atoms with van der Waals surface area (Å²) in [5.74, 6) is -1.85. The highest BCUT2D eigenvalue weighted by atomic mass is 19.4. The van der Waals surface area contributed by atoms with Crippen molar-refractivity contribution in [3.05, 3.63) is 59.2 Å². The van der Waals surface area contributed by atoms with Gasteiger partial charge in [0.25, 0.3) is 5.91 Å². The molecule has 8 heteroatoms. The molecule has 0 aliphatic carbocycles. The number of rotatable bonds is 6. The topological polar surface area (TPSA) is 67.4 Å². The quantitative estimate of drug-likeness (QED) is 0.806. The van der Waals surface area contributed by atoms with E-state index in [0.717, 1.165) is 11.1 Å². The average molecular weight is 380 g/mol. The zero-order valence-corrected chi connectivity index (χ0v) is 14.8. The van der Waals surface area contributed by atoms with Crippen LogP contribution in [0.15, 0.2) is 42.5 Å². The van der Waals surface area contributed by atoms with Crippen LogP contribution >= 0.6 is 0 Å². The molecule has 0 spiro atoms. The first kappa shape index (κ1) is 20.3. The van der Waals surface area contributed by atoms with Crippen LogP contribution in [0.5, 0.6) is 5.75 Å². The highest BCUT2D eigenvalue weighted by Gasteiger charge is 2.38. The maximum absolute atomic E-state index is 12.3. The molecule has 0 radical (unpaired) electrons. The highest BCUT2D eigenvalue weighted by Crippen LogP contribution is 2.19. The molecule has 0 aliphatic heterocycles. The number of halogens is 3. The minimum absolute atomic E-state index is 0.00421. The standard InChI is InChI=1S/C19H19F3N2O3/c1-12-6-7-16(8-13(12)2)27-11-17(25)23-10-14-4-3-5-15(9-14)24-18(26)19(20,21)22/h3-9H,10-11H2,1-2H3,(H,23,25)(H,24,26). The highest BCUT2D eigenvalue weighted by molar-refractivity contribution is 5.94. The van der Waals surface area contributed by atoms with E-state index in [1.165, 1.54) is 18.2 Å². The maximum Gasteiger partial charge on any atom is 0.471 e. The van der Waals surface area contributed by atoms with E-state index in [1.54, 1.807) is 17.4 Å². The number of anilines is 1. The second-order valence-electron chi connectivity index (χ2n) is 5.96. The van der Waals surface area contributed by atoms with Crippen molar-refractivity contribution in [2.75, 3.05) is 11.9 Å². The number of carbonyl (C=O) groups is 2. The number of alkyl halides is 3. The lowest BCUT2D eigenvalue weighted by Gasteiger charge is -2.11. The molecule has 2 aromatic carbocycles. The molecule has 0 fully saturated rings. The van der Waals surface area contributed by atoms with Crippen LogP contribution in [0, 0.1) is 13.8 Å². The summed E-state index contributed by atoms with van der Waals surface area (Å²) >= 11 is 0. The molecular weight excluding hydrogens is 361 g/mol. The summed E-state index contributed by atoms with van der Waals surface area (Å²) in [7, 11) is 0. The predicted molar refractivity (Wildman–Crippen MR) is 94.4 cm³/mol. The Morgan fingerprint density at radius 1 is 1.04 bits per heavy atom. The van der Waals surface area contributed by atoms with E-state index in [0.29, 0.717) is 11.3 Å². The zero-order valence-electron chi connectivity index (χ0n) is 14.8. The molecule has 0 saturated heterocycles. The SMILES string of the molecule is Cc1ccc(OCC(=O)NCc2cccc(NC(=O)C(F)(F)F)c2)cc1C. The van der Waals surface area contributed by atoms with E-state index in [1.807, 2.05) is 26.0 Å². The third-order valence-corrected chi connectivity index (χ3v) is 3.78. The lowest BCUT2D eigenvalue weighted by Crippen LogP contribution is -2.30. The van der Waals surface area contributed by atoms with Crippen LogP contribution in [0.1, 0.15) is 16.7 Å². The lowest BCUT2D eigenvalue weighted by molar-refractivity contribution is -0.167. The fraction of sp³-hybridized carbons (Fsp3) is 0.263. The van der Waals surface area contributed by atoms with Gasteiger partial charge in [0.05, 0.1) is 0 Å². The monoisotopic (exact) mass is 380 g/mol. The minimum Gasteiger partial charge on any atom is -0.484 e. The third kappa shape index (κ3) is 6.32. The molecule has 2 aromatic rings. The summed E-state index contributed by atoms with van der Waals surface area (Å²) in [6.07, 6.45) is -4.96. The molecule has 0 bridgehead atoms. The average Bonchev–Trinajstić information content (AvgIpc) is 2.60. The van der Waals surface area contributed by atoms with Crippen molar-refractivity contribution in [3.63, 3.8) is 0 Å². The Hall–Kier alpha value is -3.03. The molecule has 2 rings (SSSR count). The van der Waals surface area contributed by atoms with Gasteiger partial charge in [-0.1, -0.05) is 18.2 Å². The maximum atomic E-state index is 12.3. The van der Waals surface area contributed by atoms with Gasteiger partial charge in [0.1, 0.15) is 5.75 Å². The first-order chi connectivity index (χ1) is 12.6. The molecule has 0 aromatic heterocycles. The van der Waals surface area contributed by atoms with Crippen LogP contribution in [0.25, 0.3) is 0 Å². The Morgan fingerprint density at radius 3 is 2.44 bits per heavy atom. The van der Waals surface area contributed by atoms with Crippen LogP contribution in [0.2, 0.25) is 0 Å². The van der Waals surface area contributed by atoms with Gasteiger partial charge in [-0.05, 0) is 54.8 Å². The van der Waals surface area contributed by atoms with Gasteiger partial charge in [-0.2, -0.15) is 13.2 Å². The van der Waals surface area contributed by atoms with Gasteiger partial charge < -0.3 is 15.4 Å². The number of nitrogens with one attached hydrogen (secondary N) is 2. The summed E-state index contributed by atoms with van der Waals surface area (Å²) in [6, 6.07) is 11.3. The number of ether oxygens (including phenoxy) is 1. The molecule has 27 heavy (non-hydrogen) atoms. The van der Waals surface area contributed by atoms with Gasteiger partial charge in [-0.3, -0.25) is 9.59 Å². The zero-order chi connectivity index (χ0) is 20.0. The van der Waals surface area contributed by atoms with E-state index in [9.17, 15) is 22.8 Å². The molecule has 0 aliphatic rings. The second kappa shape index (κ2) is 8.57. The Bertz CT molecular complexity index is 835. The number of aryl methyl sites for hydroxylation is 2. The number of benzene rings is 2. The van der Waals surface area contributed by atoms with Crippen molar-refractivity contribution in [3.8, 4) is 5.75 Å². The molecule has 0 unspecified atom stereocenters. The molecule has 2 amide bonds. The third-order valence-electron chi connectivity index (χ3n) is 3.78. The Balaban J connectivity index is 1.85. The van der Waals surface area contributed by atoms with Crippen molar-refractivity contribution in [1.82, 2.24) is 5.32 Å². The van der Waals surface area contributed by atoms with E-state index in [-0.39, 0.29) is 24.7 Å². The van der Waals surface area contributed by atoms with Crippen molar-refractivity contribution in [2.24, 2.45) is 0 Å². The van der Waals surface area contributed by atoms with E-state index >= 15 is 0 Å². The van der Waals surface area contributed by atoms with Gasteiger partial charge in [0, 0.05) is 12.2 Å². The van der Waals surface area contributed by atoms with E-state index in [2.05, 4.69) is 5.32 Å². The molecule has 2 N–H and O–H groups in total. The molecule has 5 nitrogen and oxygen atoms in total. The van der Waals surface area contributed by atoms with Crippen LogP contribution in [-0.2, 0) is 16.1 Å². The van der Waals surface area contributed by atoms with Crippen LogP contribution in [-0.4, -0.2) is 24.6 Å². The summed E-state index contributed by atoms with van der Waals surface area (Å²) in [5, 5.41) is 4.37. The largest absolute Gasteiger partial charge is 0.484 e. The Labute approximate surface area is 154 Å². The first-order valence-corrected chi connectivity index (χ1v) is 8.09. The van der Waals surface area contributed by atoms with Crippen molar-refractivity contribution in [1.29, 1.82) is 0 Å². The summed E-state index contributed by atoms with van der Waals surface area (Å²) < 4.78 is 42.2. The van der Waals surface area contributed by atoms with Gasteiger partial charge in [0.15, 0.2) is 6.61 Å². The summed E-state index contributed by atoms with van der Waals surface area (Å²) in [4.78, 5) is 22.8. The minimum atomic E-state index is -4.96. The molecule has 144 valence electrons. The molecule has 0 heterocycles. The number of carbonyl (C=O) groups excluding carboxylic acids is 2. The second-order valence-corrected chi connectivity index (χ2v) is 5.96. The normalized spacial score (nSPS) is 11.0. The Morgan fingerprint density at radius 2 is 1.78 bits per heavy atom. The van der Waals surface area contributed by atoms with Gasteiger partial charge >= 0.3 is 12.1 Å². The van der Waals surface area contributed by atoms with Crippen molar-refractivity contribution in [2.45, 2.75) is 26.6 Å². The predicted octanol–water partition coefficient (Wildman–Crippen LogP) is 3.50. The lowest BCUT2D eigenvalue weighted by atomic mass is 10.1. The number of amides is 2. The van der Waals surface area contributed by atoms with E-state index < -0.39 is 12.1 Å².